The van der Waals surface area contributed by atoms with Gasteiger partial charge in [0.25, 0.3) is 5.91 Å². The van der Waals surface area contributed by atoms with E-state index < -0.39 is 10.4 Å². The summed E-state index contributed by atoms with van der Waals surface area (Å²) in [4.78, 5) is 12.7. The van der Waals surface area contributed by atoms with Crippen molar-refractivity contribution in [2.24, 2.45) is 0 Å². The molecule has 0 aliphatic carbocycles. The summed E-state index contributed by atoms with van der Waals surface area (Å²) in [5.41, 5.74) is 2.11. The van der Waals surface area contributed by atoms with Crippen LogP contribution in [0, 0.1) is 0 Å². The zero-order valence-electron chi connectivity index (χ0n) is 13.4. The normalized spacial score (nSPS) is 12.4. The van der Waals surface area contributed by atoms with Gasteiger partial charge in [0.15, 0.2) is 4.33 Å². The van der Waals surface area contributed by atoms with Crippen molar-refractivity contribution >= 4 is 29.1 Å². The zero-order valence-corrected chi connectivity index (χ0v) is 14.9. The summed E-state index contributed by atoms with van der Waals surface area (Å²) in [5.74, 6) is -0.226. The molecule has 0 heterocycles. The van der Waals surface area contributed by atoms with Gasteiger partial charge in [-0.15, -0.1) is 0 Å². The Bertz CT molecular complexity index is 820. The van der Waals surface area contributed by atoms with Crippen LogP contribution in [0.15, 0.2) is 91.0 Å². The molecule has 4 heteroatoms. The quantitative estimate of drug-likeness (QED) is 0.592. The topological polar surface area (TPSA) is 29.1 Å². The van der Waals surface area contributed by atoms with E-state index in [-0.39, 0.29) is 5.91 Å². The molecule has 0 saturated heterocycles. The summed E-state index contributed by atoms with van der Waals surface area (Å²) >= 11 is 13.5. The summed E-state index contributed by atoms with van der Waals surface area (Å²) in [6.45, 7) is 0. The van der Waals surface area contributed by atoms with E-state index in [1.807, 2.05) is 78.9 Å². The van der Waals surface area contributed by atoms with Gasteiger partial charge in [0.2, 0.25) is 0 Å². The second-order valence-corrected chi connectivity index (χ2v) is 7.06. The van der Waals surface area contributed by atoms with Gasteiger partial charge in [-0.3, -0.25) is 4.79 Å². The molecule has 1 amide bonds. The first kappa shape index (κ1) is 17.5. The predicted molar refractivity (Wildman–Crippen MR) is 103 cm³/mol. The largest absolute Gasteiger partial charge is 0.342 e. The second-order valence-electron chi connectivity index (χ2n) is 5.67. The number of carbonyl (C=O) groups excluding carboxylic acids is 1. The van der Waals surface area contributed by atoms with Crippen LogP contribution in [0.2, 0.25) is 0 Å². The molecule has 3 aromatic rings. The standard InChI is InChI=1S/C21H17Cl2NO/c22-21(23,18-14-8-3-9-15-18)19(16-10-4-1-5-11-16)24-20(25)17-12-6-2-7-13-17/h1-15,19H,(H,24,25). The van der Waals surface area contributed by atoms with Crippen LogP contribution >= 0.6 is 23.2 Å². The monoisotopic (exact) mass is 369 g/mol. The van der Waals surface area contributed by atoms with Crippen LogP contribution in [0.3, 0.4) is 0 Å². The molecule has 2 nitrogen and oxygen atoms in total. The summed E-state index contributed by atoms with van der Waals surface area (Å²) < 4.78 is -1.31. The smallest absolute Gasteiger partial charge is 0.251 e. The Morgan fingerprint density at radius 3 is 1.80 bits per heavy atom. The summed E-state index contributed by atoms with van der Waals surface area (Å²) in [6.07, 6.45) is 0. The molecule has 3 rings (SSSR count). The molecule has 1 N–H and O–H groups in total. The number of carbonyl (C=O) groups is 1. The lowest BCUT2D eigenvalue weighted by Crippen LogP contribution is -2.38. The maximum absolute atomic E-state index is 12.7. The molecule has 0 bridgehead atoms. The molecule has 0 aromatic heterocycles. The highest BCUT2D eigenvalue weighted by atomic mass is 35.5. The Hall–Kier alpha value is -2.29. The maximum Gasteiger partial charge on any atom is 0.251 e. The number of alkyl halides is 2. The lowest BCUT2D eigenvalue weighted by Gasteiger charge is -2.31. The van der Waals surface area contributed by atoms with Gasteiger partial charge < -0.3 is 5.32 Å². The highest BCUT2D eigenvalue weighted by Gasteiger charge is 2.39. The molecule has 0 spiro atoms. The van der Waals surface area contributed by atoms with Gasteiger partial charge in [0, 0.05) is 5.56 Å². The van der Waals surface area contributed by atoms with Gasteiger partial charge in [0.05, 0.1) is 6.04 Å². The molecule has 3 aromatic carbocycles. The number of halogens is 2. The van der Waals surface area contributed by atoms with E-state index in [9.17, 15) is 4.79 Å². The number of nitrogens with one attached hydrogen (secondary N) is 1. The molecular weight excluding hydrogens is 353 g/mol. The van der Waals surface area contributed by atoms with Crippen LogP contribution in [-0.2, 0) is 4.33 Å². The van der Waals surface area contributed by atoms with E-state index in [4.69, 9.17) is 23.2 Å². The van der Waals surface area contributed by atoms with Gasteiger partial charge in [-0.05, 0) is 23.3 Å². The van der Waals surface area contributed by atoms with Crippen molar-refractivity contribution in [3.63, 3.8) is 0 Å². The number of rotatable bonds is 5. The van der Waals surface area contributed by atoms with Crippen LogP contribution in [0.1, 0.15) is 27.5 Å². The lowest BCUT2D eigenvalue weighted by molar-refractivity contribution is 0.0932. The molecule has 1 atom stereocenters. The molecule has 0 radical (unpaired) electrons. The number of hydrogen-bond donors (Lipinski definition) is 1. The van der Waals surface area contributed by atoms with Crippen molar-refractivity contribution < 1.29 is 4.79 Å². The van der Waals surface area contributed by atoms with Crippen molar-refractivity contribution in [2.75, 3.05) is 0 Å². The van der Waals surface area contributed by atoms with Gasteiger partial charge in [-0.1, -0.05) is 102 Å². The van der Waals surface area contributed by atoms with Crippen LogP contribution in [-0.4, -0.2) is 5.91 Å². The molecule has 0 aliphatic rings. The first-order valence-corrected chi connectivity index (χ1v) is 8.69. The van der Waals surface area contributed by atoms with Crippen molar-refractivity contribution in [2.45, 2.75) is 10.4 Å². The highest BCUT2D eigenvalue weighted by Crippen LogP contribution is 2.45. The van der Waals surface area contributed by atoms with Crippen LogP contribution in [0.5, 0.6) is 0 Å². The molecule has 126 valence electrons. The molecule has 0 fully saturated rings. The van der Waals surface area contributed by atoms with E-state index in [1.54, 1.807) is 12.1 Å². The summed E-state index contributed by atoms with van der Waals surface area (Å²) in [7, 11) is 0. The van der Waals surface area contributed by atoms with Crippen LogP contribution < -0.4 is 5.32 Å². The number of benzene rings is 3. The first-order valence-electron chi connectivity index (χ1n) is 7.93. The van der Waals surface area contributed by atoms with Crippen molar-refractivity contribution in [1.82, 2.24) is 5.32 Å². The minimum Gasteiger partial charge on any atom is -0.342 e. The number of hydrogen-bond acceptors (Lipinski definition) is 1. The first-order chi connectivity index (χ1) is 12.1. The van der Waals surface area contributed by atoms with Crippen molar-refractivity contribution in [3.8, 4) is 0 Å². The third kappa shape index (κ3) is 4.04. The minimum atomic E-state index is -1.31. The molecule has 1 unspecified atom stereocenters. The minimum absolute atomic E-state index is 0.226. The van der Waals surface area contributed by atoms with Crippen molar-refractivity contribution in [1.29, 1.82) is 0 Å². The summed E-state index contributed by atoms with van der Waals surface area (Å²) in [6, 6.07) is 27.2. The Balaban J connectivity index is 1.98. The number of amides is 1. The molecule has 0 saturated carbocycles. The zero-order chi connectivity index (χ0) is 17.7. The molecular formula is C21H17Cl2NO. The van der Waals surface area contributed by atoms with E-state index in [1.165, 1.54) is 0 Å². The van der Waals surface area contributed by atoms with Gasteiger partial charge in [-0.25, -0.2) is 0 Å². The third-order valence-corrected chi connectivity index (χ3v) is 4.84. The van der Waals surface area contributed by atoms with Gasteiger partial charge in [0.1, 0.15) is 0 Å². The van der Waals surface area contributed by atoms with Gasteiger partial charge in [-0.2, -0.15) is 0 Å². The highest BCUT2D eigenvalue weighted by molar-refractivity contribution is 6.48. The predicted octanol–water partition coefficient (Wildman–Crippen LogP) is 5.49. The third-order valence-electron chi connectivity index (χ3n) is 3.97. The van der Waals surface area contributed by atoms with Crippen molar-refractivity contribution in [3.05, 3.63) is 108 Å². The fourth-order valence-corrected chi connectivity index (χ4v) is 3.27. The van der Waals surface area contributed by atoms with E-state index in [0.717, 1.165) is 11.1 Å². The maximum atomic E-state index is 12.7. The van der Waals surface area contributed by atoms with Gasteiger partial charge >= 0.3 is 0 Å². The van der Waals surface area contributed by atoms with E-state index in [0.29, 0.717) is 5.56 Å². The fourth-order valence-electron chi connectivity index (χ4n) is 2.66. The summed E-state index contributed by atoms with van der Waals surface area (Å²) in [5, 5.41) is 2.99. The van der Waals surface area contributed by atoms with Crippen LogP contribution in [0.4, 0.5) is 0 Å². The second kappa shape index (κ2) is 7.73. The lowest BCUT2D eigenvalue weighted by atomic mass is 9.97. The Labute approximate surface area is 157 Å². The average Bonchev–Trinajstić information content (AvgIpc) is 2.68. The Morgan fingerprint density at radius 1 is 0.760 bits per heavy atom. The molecule has 0 aliphatic heterocycles. The Morgan fingerprint density at radius 2 is 1.24 bits per heavy atom. The average molecular weight is 370 g/mol. The van der Waals surface area contributed by atoms with E-state index >= 15 is 0 Å². The van der Waals surface area contributed by atoms with Crippen LogP contribution in [0.25, 0.3) is 0 Å². The fraction of sp³-hybridized carbons (Fsp3) is 0.0952. The Kier molecular flexibility index (Phi) is 5.42. The SMILES string of the molecule is O=C(NC(c1ccccc1)C(Cl)(Cl)c1ccccc1)c1ccccc1. The van der Waals surface area contributed by atoms with E-state index in [2.05, 4.69) is 5.32 Å². The molecule has 25 heavy (non-hydrogen) atoms.